The number of hydrogen-bond acceptors (Lipinski definition) is 3. The van der Waals surface area contributed by atoms with Crippen molar-refractivity contribution in [2.45, 2.75) is 33.7 Å². The lowest BCUT2D eigenvalue weighted by molar-refractivity contribution is 0.0947. The molecule has 0 radical (unpaired) electrons. The maximum atomic E-state index is 12.1. The van der Waals surface area contributed by atoms with Crippen LogP contribution in [0.3, 0.4) is 0 Å². The first-order valence-electron chi connectivity index (χ1n) is 8.08. The van der Waals surface area contributed by atoms with Gasteiger partial charge in [-0.1, -0.05) is 43.7 Å². The van der Waals surface area contributed by atoms with E-state index in [-0.39, 0.29) is 5.91 Å². The molecule has 0 spiro atoms. The van der Waals surface area contributed by atoms with E-state index in [2.05, 4.69) is 60.7 Å². The highest BCUT2D eigenvalue weighted by Crippen LogP contribution is 2.11. The minimum atomic E-state index is -0.121. The van der Waals surface area contributed by atoms with Crippen LogP contribution >= 0.6 is 0 Å². The molecule has 4 heteroatoms. The number of pyridine rings is 1. The molecule has 0 fully saturated rings. The van der Waals surface area contributed by atoms with Crippen LogP contribution in [0, 0.1) is 12.8 Å². The third-order valence-corrected chi connectivity index (χ3v) is 3.62. The van der Waals surface area contributed by atoms with Crippen molar-refractivity contribution < 1.29 is 4.79 Å². The van der Waals surface area contributed by atoms with E-state index in [1.165, 1.54) is 11.1 Å². The average molecular weight is 311 g/mol. The van der Waals surface area contributed by atoms with E-state index in [0.29, 0.717) is 18.2 Å². The predicted molar refractivity (Wildman–Crippen MR) is 94.5 cm³/mol. The van der Waals surface area contributed by atoms with Gasteiger partial charge in [0.25, 0.3) is 5.91 Å². The van der Waals surface area contributed by atoms with Crippen molar-refractivity contribution in [2.24, 2.45) is 5.92 Å². The smallest absolute Gasteiger partial charge is 0.269 e. The van der Waals surface area contributed by atoms with Gasteiger partial charge < -0.3 is 10.6 Å². The first kappa shape index (κ1) is 17.0. The highest BCUT2D eigenvalue weighted by molar-refractivity contribution is 5.93. The molecule has 0 bridgehead atoms. The number of aryl methyl sites for hydroxylation is 1. The van der Waals surface area contributed by atoms with E-state index < -0.39 is 0 Å². The maximum absolute atomic E-state index is 12.1. The minimum absolute atomic E-state index is 0.121. The molecular formula is C19H25N3O. The van der Waals surface area contributed by atoms with E-state index in [1.807, 2.05) is 6.07 Å². The Hall–Kier alpha value is -2.36. The molecule has 2 N–H and O–H groups in total. The molecule has 122 valence electrons. The van der Waals surface area contributed by atoms with E-state index >= 15 is 0 Å². The summed E-state index contributed by atoms with van der Waals surface area (Å²) in [5.74, 6) is 0.454. The summed E-state index contributed by atoms with van der Waals surface area (Å²) in [5.41, 5.74) is 3.80. The molecule has 0 saturated carbocycles. The summed E-state index contributed by atoms with van der Waals surface area (Å²) in [4.78, 5) is 16.2. The Morgan fingerprint density at radius 1 is 1.17 bits per heavy atom. The van der Waals surface area contributed by atoms with Crippen LogP contribution in [0.1, 0.15) is 41.9 Å². The van der Waals surface area contributed by atoms with Crippen LogP contribution in [-0.4, -0.2) is 17.4 Å². The third kappa shape index (κ3) is 5.74. The number of aromatic nitrogens is 1. The average Bonchev–Trinajstić information content (AvgIpc) is 2.54. The van der Waals surface area contributed by atoms with Gasteiger partial charge in [-0.15, -0.1) is 0 Å². The summed E-state index contributed by atoms with van der Waals surface area (Å²) >= 11 is 0. The lowest BCUT2D eigenvalue weighted by Gasteiger charge is -2.09. The second-order valence-corrected chi connectivity index (χ2v) is 6.21. The molecule has 1 amide bonds. The summed E-state index contributed by atoms with van der Waals surface area (Å²) in [6, 6.07) is 12.1. The van der Waals surface area contributed by atoms with Crippen molar-refractivity contribution in [3.63, 3.8) is 0 Å². The van der Waals surface area contributed by atoms with Gasteiger partial charge >= 0.3 is 0 Å². The number of anilines is 1. The van der Waals surface area contributed by atoms with E-state index in [1.54, 1.807) is 12.3 Å². The van der Waals surface area contributed by atoms with Crippen molar-refractivity contribution in [2.75, 3.05) is 11.9 Å². The number of nitrogens with zero attached hydrogens (tertiary/aromatic N) is 1. The molecule has 1 aromatic carbocycles. The molecule has 0 unspecified atom stereocenters. The Balaban J connectivity index is 1.91. The van der Waals surface area contributed by atoms with Gasteiger partial charge in [0, 0.05) is 25.0 Å². The summed E-state index contributed by atoms with van der Waals surface area (Å²) in [5, 5.41) is 6.24. The molecule has 0 atom stereocenters. The zero-order valence-corrected chi connectivity index (χ0v) is 14.1. The standard InChI is InChI=1S/C19H25N3O/c1-14(2)8-10-21-19(23)18-12-17(9-11-20-18)22-13-16-6-4-15(3)5-7-16/h4-7,9,11-12,14H,8,10,13H2,1-3H3,(H,20,22)(H,21,23). The Bertz CT molecular complexity index is 635. The van der Waals surface area contributed by atoms with Crippen LogP contribution in [0.15, 0.2) is 42.6 Å². The fourth-order valence-electron chi connectivity index (χ4n) is 2.14. The van der Waals surface area contributed by atoms with Gasteiger partial charge in [0.15, 0.2) is 0 Å². The highest BCUT2D eigenvalue weighted by Gasteiger charge is 2.07. The van der Waals surface area contributed by atoms with E-state index in [9.17, 15) is 4.79 Å². The predicted octanol–water partition coefficient (Wildman–Crippen LogP) is 3.78. The molecule has 0 aliphatic heterocycles. The molecule has 1 aromatic heterocycles. The first-order valence-corrected chi connectivity index (χ1v) is 8.08. The number of amides is 1. The zero-order chi connectivity index (χ0) is 16.7. The van der Waals surface area contributed by atoms with Gasteiger partial charge in [0.05, 0.1) is 0 Å². The van der Waals surface area contributed by atoms with Gasteiger partial charge in [-0.05, 0) is 37.0 Å². The number of benzene rings is 1. The van der Waals surface area contributed by atoms with Gasteiger partial charge in [0.2, 0.25) is 0 Å². The quantitative estimate of drug-likeness (QED) is 0.818. The number of carbonyl (C=O) groups is 1. The maximum Gasteiger partial charge on any atom is 0.269 e. The minimum Gasteiger partial charge on any atom is -0.381 e. The molecule has 0 aliphatic rings. The molecule has 23 heavy (non-hydrogen) atoms. The highest BCUT2D eigenvalue weighted by atomic mass is 16.1. The normalized spacial score (nSPS) is 10.6. The van der Waals surface area contributed by atoms with Gasteiger partial charge in [0.1, 0.15) is 5.69 Å². The lowest BCUT2D eigenvalue weighted by Crippen LogP contribution is -2.26. The van der Waals surface area contributed by atoms with Crippen LogP contribution in [0.5, 0.6) is 0 Å². The number of carbonyl (C=O) groups excluding carboxylic acids is 1. The SMILES string of the molecule is Cc1ccc(CNc2ccnc(C(=O)NCCC(C)C)c2)cc1. The zero-order valence-electron chi connectivity index (χ0n) is 14.1. The molecule has 0 aliphatic carbocycles. The van der Waals surface area contributed by atoms with Crippen LogP contribution < -0.4 is 10.6 Å². The largest absolute Gasteiger partial charge is 0.381 e. The van der Waals surface area contributed by atoms with Crippen LogP contribution in [0.2, 0.25) is 0 Å². The second kappa shape index (κ2) is 8.32. The van der Waals surface area contributed by atoms with Crippen molar-refractivity contribution in [1.82, 2.24) is 10.3 Å². The summed E-state index contributed by atoms with van der Waals surface area (Å²) in [6.45, 7) is 7.75. The molecule has 0 saturated heterocycles. The van der Waals surface area contributed by atoms with Gasteiger partial charge in [-0.3, -0.25) is 9.78 Å². The van der Waals surface area contributed by atoms with Gasteiger partial charge in [-0.25, -0.2) is 0 Å². The fraction of sp³-hybridized carbons (Fsp3) is 0.368. The Morgan fingerprint density at radius 3 is 2.61 bits per heavy atom. The fourth-order valence-corrected chi connectivity index (χ4v) is 2.14. The first-order chi connectivity index (χ1) is 11.0. The monoisotopic (exact) mass is 311 g/mol. The molecule has 4 nitrogen and oxygen atoms in total. The Morgan fingerprint density at radius 2 is 1.91 bits per heavy atom. The summed E-state index contributed by atoms with van der Waals surface area (Å²) < 4.78 is 0. The van der Waals surface area contributed by atoms with Crippen molar-refractivity contribution in [3.05, 3.63) is 59.4 Å². The van der Waals surface area contributed by atoms with Crippen molar-refractivity contribution >= 4 is 11.6 Å². The third-order valence-electron chi connectivity index (χ3n) is 3.62. The van der Waals surface area contributed by atoms with Crippen LogP contribution in [0.4, 0.5) is 5.69 Å². The topological polar surface area (TPSA) is 54.0 Å². The summed E-state index contributed by atoms with van der Waals surface area (Å²) in [7, 11) is 0. The molecule has 1 heterocycles. The lowest BCUT2D eigenvalue weighted by atomic mass is 10.1. The molecule has 2 aromatic rings. The van der Waals surface area contributed by atoms with Crippen molar-refractivity contribution in [1.29, 1.82) is 0 Å². The van der Waals surface area contributed by atoms with Crippen LogP contribution in [0.25, 0.3) is 0 Å². The molecule has 2 rings (SSSR count). The summed E-state index contributed by atoms with van der Waals surface area (Å²) in [6.07, 6.45) is 2.63. The van der Waals surface area contributed by atoms with Gasteiger partial charge in [-0.2, -0.15) is 0 Å². The van der Waals surface area contributed by atoms with Crippen LogP contribution in [-0.2, 0) is 6.54 Å². The van der Waals surface area contributed by atoms with Crippen molar-refractivity contribution in [3.8, 4) is 0 Å². The van der Waals surface area contributed by atoms with E-state index in [0.717, 1.165) is 18.7 Å². The number of rotatable bonds is 7. The second-order valence-electron chi connectivity index (χ2n) is 6.21. The Labute approximate surface area is 138 Å². The number of nitrogens with one attached hydrogen (secondary N) is 2. The Kier molecular flexibility index (Phi) is 6.15. The molecular weight excluding hydrogens is 286 g/mol. The number of hydrogen-bond donors (Lipinski definition) is 2. The van der Waals surface area contributed by atoms with E-state index in [4.69, 9.17) is 0 Å².